The molecule has 0 aliphatic carbocycles. The van der Waals surface area contributed by atoms with Crippen LogP contribution in [0.1, 0.15) is 18.1 Å². The Kier molecular flexibility index (Phi) is 6.39. The van der Waals surface area contributed by atoms with Gasteiger partial charge in [-0.2, -0.15) is 0 Å². The van der Waals surface area contributed by atoms with Crippen molar-refractivity contribution < 1.29 is 19.4 Å². The lowest BCUT2D eigenvalue weighted by Crippen LogP contribution is -2.48. The van der Waals surface area contributed by atoms with Gasteiger partial charge in [-0.05, 0) is 36.8 Å². The van der Waals surface area contributed by atoms with Gasteiger partial charge in [-0.25, -0.2) is 0 Å². The number of rotatable bonds is 6. The number of hydrogen-bond donors (Lipinski definition) is 0. The van der Waals surface area contributed by atoms with Gasteiger partial charge in [-0.1, -0.05) is 65.9 Å². The minimum Gasteiger partial charge on any atom is -0.548 e. The standard InChI is InChI=1S/C20H16ClNO4S2/c1-12(19(24)25)22-18(23)17(28-20(22)27)10-13-6-8-15(9-7-13)26-11-14-4-2-3-5-16(14)21/h2-10,12H,11H2,1H3,(H,24,25)/p-1/b17-10-/t12-/m0/s1. The van der Waals surface area contributed by atoms with Crippen molar-refractivity contribution in [2.24, 2.45) is 0 Å². The molecule has 8 heteroatoms. The number of thiocarbonyl (C=S) groups is 1. The van der Waals surface area contributed by atoms with Crippen LogP contribution in [0.4, 0.5) is 0 Å². The lowest BCUT2D eigenvalue weighted by atomic mass is 10.2. The van der Waals surface area contributed by atoms with E-state index in [9.17, 15) is 14.7 Å². The summed E-state index contributed by atoms with van der Waals surface area (Å²) in [6, 6.07) is 13.5. The lowest BCUT2D eigenvalue weighted by molar-refractivity contribution is -0.309. The van der Waals surface area contributed by atoms with Gasteiger partial charge in [0.2, 0.25) is 0 Å². The van der Waals surface area contributed by atoms with E-state index in [0.29, 0.717) is 22.3 Å². The van der Waals surface area contributed by atoms with E-state index in [1.807, 2.05) is 18.2 Å². The van der Waals surface area contributed by atoms with Crippen molar-refractivity contribution in [2.45, 2.75) is 19.6 Å². The fourth-order valence-corrected chi connectivity index (χ4v) is 4.12. The lowest BCUT2D eigenvalue weighted by Gasteiger charge is -2.23. The largest absolute Gasteiger partial charge is 0.548 e. The Balaban J connectivity index is 1.68. The molecule has 144 valence electrons. The summed E-state index contributed by atoms with van der Waals surface area (Å²) < 4.78 is 5.93. The quantitative estimate of drug-likeness (QED) is 0.515. The normalized spacial score (nSPS) is 16.5. The van der Waals surface area contributed by atoms with E-state index in [-0.39, 0.29) is 4.32 Å². The average molecular weight is 433 g/mol. The van der Waals surface area contributed by atoms with Crippen LogP contribution in [0.2, 0.25) is 5.02 Å². The van der Waals surface area contributed by atoms with E-state index < -0.39 is 17.9 Å². The molecule has 1 amide bonds. The molecule has 3 rings (SSSR count). The van der Waals surface area contributed by atoms with Gasteiger partial charge in [-0.3, -0.25) is 9.69 Å². The fraction of sp³-hybridized carbons (Fsp3) is 0.150. The van der Waals surface area contributed by atoms with E-state index in [1.54, 1.807) is 36.4 Å². The molecule has 1 aliphatic rings. The van der Waals surface area contributed by atoms with E-state index >= 15 is 0 Å². The van der Waals surface area contributed by atoms with Gasteiger partial charge < -0.3 is 14.6 Å². The second-order valence-corrected chi connectivity index (χ2v) is 8.08. The predicted molar refractivity (Wildman–Crippen MR) is 112 cm³/mol. The second kappa shape index (κ2) is 8.77. The summed E-state index contributed by atoms with van der Waals surface area (Å²) in [5, 5.41) is 11.7. The van der Waals surface area contributed by atoms with Gasteiger partial charge in [0, 0.05) is 10.6 Å². The van der Waals surface area contributed by atoms with Gasteiger partial charge in [0.05, 0.1) is 16.9 Å². The average Bonchev–Trinajstić information content (AvgIpc) is 2.95. The van der Waals surface area contributed by atoms with Crippen molar-refractivity contribution in [3.8, 4) is 5.75 Å². The number of carboxylic acid groups (broad SMARTS) is 1. The summed E-state index contributed by atoms with van der Waals surface area (Å²) in [5.41, 5.74) is 1.66. The molecule has 1 fully saturated rings. The Morgan fingerprint density at radius 1 is 1.29 bits per heavy atom. The summed E-state index contributed by atoms with van der Waals surface area (Å²) >= 11 is 12.3. The zero-order valence-electron chi connectivity index (χ0n) is 14.8. The molecule has 2 aromatic rings. The fourth-order valence-electron chi connectivity index (χ4n) is 2.51. The van der Waals surface area contributed by atoms with Crippen molar-refractivity contribution in [3.05, 3.63) is 69.6 Å². The molecule has 1 atom stereocenters. The number of hydrogen-bond acceptors (Lipinski definition) is 6. The number of carbonyl (C=O) groups is 2. The highest BCUT2D eigenvalue weighted by atomic mass is 35.5. The molecule has 1 aliphatic heterocycles. The molecule has 0 saturated carbocycles. The van der Waals surface area contributed by atoms with E-state index in [4.69, 9.17) is 28.6 Å². The number of carboxylic acids is 1. The second-order valence-electron chi connectivity index (χ2n) is 6.00. The van der Waals surface area contributed by atoms with Crippen LogP contribution in [0.5, 0.6) is 5.75 Å². The van der Waals surface area contributed by atoms with Crippen LogP contribution >= 0.6 is 35.6 Å². The van der Waals surface area contributed by atoms with Gasteiger partial charge in [0.15, 0.2) is 0 Å². The maximum Gasteiger partial charge on any atom is 0.266 e. The molecule has 0 spiro atoms. The van der Waals surface area contributed by atoms with Crippen LogP contribution in [0.15, 0.2) is 53.4 Å². The molecule has 0 radical (unpaired) electrons. The zero-order chi connectivity index (χ0) is 20.3. The maximum absolute atomic E-state index is 12.4. The van der Waals surface area contributed by atoms with Crippen LogP contribution in [0.3, 0.4) is 0 Å². The first-order valence-corrected chi connectivity index (χ1v) is 9.91. The minimum absolute atomic E-state index is 0.202. The summed E-state index contributed by atoms with van der Waals surface area (Å²) in [6.45, 7) is 1.72. The summed E-state index contributed by atoms with van der Waals surface area (Å²) in [6.07, 6.45) is 1.67. The molecule has 28 heavy (non-hydrogen) atoms. The zero-order valence-corrected chi connectivity index (χ0v) is 17.1. The van der Waals surface area contributed by atoms with Gasteiger partial charge >= 0.3 is 0 Å². The molecule has 1 saturated heterocycles. The van der Waals surface area contributed by atoms with Gasteiger partial charge in [-0.15, -0.1) is 0 Å². The number of thioether (sulfide) groups is 1. The highest BCUT2D eigenvalue weighted by Crippen LogP contribution is 2.34. The number of nitrogens with zero attached hydrogens (tertiary/aromatic N) is 1. The van der Waals surface area contributed by atoms with E-state index in [2.05, 4.69) is 0 Å². The number of aliphatic carboxylic acids is 1. The van der Waals surface area contributed by atoms with Crippen LogP contribution < -0.4 is 9.84 Å². The molecular formula is C20H15ClNO4S2-. The Bertz CT molecular complexity index is 959. The number of halogens is 1. The van der Waals surface area contributed by atoms with Crippen molar-refractivity contribution in [3.63, 3.8) is 0 Å². The van der Waals surface area contributed by atoms with Crippen LogP contribution in [-0.2, 0) is 16.2 Å². The van der Waals surface area contributed by atoms with Crippen molar-refractivity contribution in [1.82, 2.24) is 4.90 Å². The van der Waals surface area contributed by atoms with Crippen molar-refractivity contribution >= 4 is 57.9 Å². The Morgan fingerprint density at radius 2 is 1.96 bits per heavy atom. The number of ether oxygens (including phenoxy) is 1. The molecule has 5 nitrogen and oxygen atoms in total. The molecule has 1 heterocycles. The summed E-state index contributed by atoms with van der Waals surface area (Å²) in [4.78, 5) is 24.9. The highest BCUT2D eigenvalue weighted by molar-refractivity contribution is 8.26. The smallest absolute Gasteiger partial charge is 0.266 e. The molecule has 2 aromatic carbocycles. The first kappa shape index (κ1) is 20.4. The molecule has 0 bridgehead atoms. The first-order valence-electron chi connectivity index (χ1n) is 8.31. The molecule has 0 aromatic heterocycles. The third-order valence-corrected chi connectivity index (χ3v) is 5.78. The number of carbonyl (C=O) groups excluding carboxylic acids is 2. The van der Waals surface area contributed by atoms with Crippen molar-refractivity contribution in [2.75, 3.05) is 0 Å². The molecular weight excluding hydrogens is 418 g/mol. The highest BCUT2D eigenvalue weighted by Gasteiger charge is 2.35. The Labute approximate surface area is 176 Å². The Morgan fingerprint density at radius 3 is 2.61 bits per heavy atom. The third-order valence-electron chi connectivity index (χ3n) is 4.08. The van der Waals surface area contributed by atoms with E-state index in [0.717, 1.165) is 27.8 Å². The number of benzene rings is 2. The van der Waals surface area contributed by atoms with Crippen LogP contribution in [0, 0.1) is 0 Å². The van der Waals surface area contributed by atoms with Crippen molar-refractivity contribution in [1.29, 1.82) is 0 Å². The summed E-state index contributed by atoms with van der Waals surface area (Å²) in [5.74, 6) is -1.13. The van der Waals surface area contributed by atoms with Crippen LogP contribution in [-0.4, -0.2) is 27.1 Å². The summed E-state index contributed by atoms with van der Waals surface area (Å²) in [7, 11) is 0. The topological polar surface area (TPSA) is 69.7 Å². The predicted octanol–water partition coefficient (Wildman–Crippen LogP) is 3.26. The molecule has 0 unspecified atom stereocenters. The SMILES string of the molecule is C[C@@H](C(=O)[O-])N1C(=O)/C(=C/c2ccc(OCc3ccccc3Cl)cc2)SC1=S. The molecule has 0 N–H and O–H groups in total. The number of amides is 1. The van der Waals surface area contributed by atoms with Gasteiger partial charge in [0.1, 0.15) is 16.7 Å². The monoisotopic (exact) mass is 432 g/mol. The van der Waals surface area contributed by atoms with Gasteiger partial charge in [0.25, 0.3) is 5.91 Å². The van der Waals surface area contributed by atoms with Crippen LogP contribution in [0.25, 0.3) is 6.08 Å². The minimum atomic E-state index is -1.35. The first-order chi connectivity index (χ1) is 13.4. The third kappa shape index (κ3) is 4.55. The Hall–Kier alpha value is -2.35. The maximum atomic E-state index is 12.4. The van der Waals surface area contributed by atoms with E-state index in [1.165, 1.54) is 6.92 Å².